The molecular formula is C24H25N7S. The lowest BCUT2D eigenvalue weighted by Crippen LogP contribution is -2.47. The highest BCUT2D eigenvalue weighted by molar-refractivity contribution is 7.71. The summed E-state index contributed by atoms with van der Waals surface area (Å²) in [7, 11) is 0. The smallest absolute Gasteiger partial charge is 0.225 e. The van der Waals surface area contributed by atoms with Crippen molar-refractivity contribution in [2.45, 2.75) is 13.6 Å². The molecule has 2 aromatic carbocycles. The van der Waals surface area contributed by atoms with Gasteiger partial charge < -0.3 is 4.90 Å². The van der Waals surface area contributed by atoms with E-state index >= 15 is 0 Å². The summed E-state index contributed by atoms with van der Waals surface area (Å²) in [5, 5.41) is 4.95. The van der Waals surface area contributed by atoms with Crippen LogP contribution in [0, 0.1) is 11.7 Å². The van der Waals surface area contributed by atoms with Crippen LogP contribution in [0.15, 0.2) is 73.1 Å². The Morgan fingerprint density at radius 2 is 1.62 bits per heavy atom. The van der Waals surface area contributed by atoms with Crippen LogP contribution in [0.3, 0.4) is 0 Å². The predicted octanol–water partition coefficient (Wildman–Crippen LogP) is 3.95. The molecule has 7 nitrogen and oxygen atoms in total. The van der Waals surface area contributed by atoms with Crippen molar-refractivity contribution in [3.63, 3.8) is 0 Å². The highest BCUT2D eigenvalue weighted by atomic mass is 32.1. The number of aryl methyl sites for hydroxylation is 1. The van der Waals surface area contributed by atoms with Crippen LogP contribution >= 0.6 is 12.2 Å². The lowest BCUT2D eigenvalue weighted by atomic mass is 10.2. The van der Waals surface area contributed by atoms with Crippen molar-refractivity contribution in [3.8, 4) is 17.1 Å². The third-order valence-corrected chi connectivity index (χ3v) is 6.07. The van der Waals surface area contributed by atoms with Gasteiger partial charge in [-0.1, -0.05) is 42.5 Å². The maximum absolute atomic E-state index is 5.91. The van der Waals surface area contributed by atoms with Gasteiger partial charge in [-0.25, -0.2) is 14.6 Å². The maximum Gasteiger partial charge on any atom is 0.225 e. The SMILES string of the molecule is Cc1cccc(-n2c(-c3ccccc3)nn(CN3CCN(c4ncccn4)CC3)c2=S)c1. The van der Waals surface area contributed by atoms with E-state index in [1.165, 1.54) is 5.56 Å². The third-order valence-electron chi connectivity index (χ3n) is 5.67. The van der Waals surface area contributed by atoms with E-state index < -0.39 is 0 Å². The van der Waals surface area contributed by atoms with Crippen molar-refractivity contribution in [1.82, 2.24) is 29.2 Å². The van der Waals surface area contributed by atoms with E-state index in [-0.39, 0.29) is 0 Å². The Hall–Kier alpha value is -3.36. The lowest BCUT2D eigenvalue weighted by Gasteiger charge is -2.34. The highest BCUT2D eigenvalue weighted by Crippen LogP contribution is 2.23. The Labute approximate surface area is 192 Å². The first-order valence-corrected chi connectivity index (χ1v) is 11.2. The number of hydrogen-bond donors (Lipinski definition) is 0. The summed E-state index contributed by atoms with van der Waals surface area (Å²) in [6, 6.07) is 20.5. The van der Waals surface area contributed by atoms with Gasteiger partial charge in [0.1, 0.15) is 0 Å². The summed E-state index contributed by atoms with van der Waals surface area (Å²) in [5.41, 5.74) is 3.27. The van der Waals surface area contributed by atoms with Gasteiger partial charge in [0.05, 0.1) is 12.4 Å². The molecule has 0 radical (unpaired) electrons. The molecule has 0 aliphatic carbocycles. The van der Waals surface area contributed by atoms with Crippen LogP contribution in [0.25, 0.3) is 17.1 Å². The van der Waals surface area contributed by atoms with Gasteiger partial charge in [-0.15, -0.1) is 5.10 Å². The molecule has 0 spiro atoms. The minimum atomic E-state index is 0.654. The zero-order valence-corrected chi connectivity index (χ0v) is 18.8. The van der Waals surface area contributed by atoms with Gasteiger partial charge in [-0.3, -0.25) is 9.47 Å². The largest absolute Gasteiger partial charge is 0.338 e. The van der Waals surface area contributed by atoms with Gasteiger partial charge in [0.25, 0.3) is 0 Å². The standard InChI is InChI=1S/C24H25N7S/c1-19-7-5-10-21(17-19)31-22(20-8-3-2-4-9-20)27-30(24(31)32)18-28-13-15-29(16-14-28)23-25-11-6-12-26-23/h2-12,17H,13-16,18H2,1H3. The molecule has 0 saturated carbocycles. The molecule has 4 aromatic rings. The first-order chi connectivity index (χ1) is 15.7. The molecule has 1 aliphatic heterocycles. The lowest BCUT2D eigenvalue weighted by molar-refractivity contribution is 0.193. The Bertz CT molecular complexity index is 1240. The monoisotopic (exact) mass is 443 g/mol. The molecule has 0 amide bonds. The van der Waals surface area contributed by atoms with E-state index in [0.29, 0.717) is 11.4 Å². The molecule has 8 heteroatoms. The normalized spacial score (nSPS) is 14.6. The second-order valence-electron chi connectivity index (χ2n) is 7.94. The molecule has 32 heavy (non-hydrogen) atoms. The van der Waals surface area contributed by atoms with Crippen LogP contribution in [0.2, 0.25) is 0 Å². The molecule has 0 N–H and O–H groups in total. The van der Waals surface area contributed by atoms with Gasteiger partial charge in [-0.05, 0) is 42.9 Å². The van der Waals surface area contributed by atoms with Gasteiger partial charge in [0.2, 0.25) is 10.7 Å². The number of anilines is 1. The minimum absolute atomic E-state index is 0.654. The zero-order chi connectivity index (χ0) is 21.9. The fourth-order valence-corrected chi connectivity index (χ4v) is 4.30. The van der Waals surface area contributed by atoms with Crippen molar-refractivity contribution in [2.75, 3.05) is 31.1 Å². The van der Waals surface area contributed by atoms with Crippen LogP contribution in [-0.4, -0.2) is 55.4 Å². The third kappa shape index (κ3) is 4.19. The van der Waals surface area contributed by atoms with Gasteiger partial charge in [0.15, 0.2) is 5.82 Å². The molecule has 1 saturated heterocycles. The predicted molar refractivity (Wildman–Crippen MR) is 128 cm³/mol. The fourth-order valence-electron chi connectivity index (χ4n) is 4.01. The number of piperazine rings is 1. The Balaban J connectivity index is 1.42. The summed E-state index contributed by atoms with van der Waals surface area (Å²) in [6.07, 6.45) is 3.58. The molecule has 0 atom stereocenters. The summed E-state index contributed by atoms with van der Waals surface area (Å²) in [6.45, 7) is 6.30. The first-order valence-electron chi connectivity index (χ1n) is 10.8. The zero-order valence-electron chi connectivity index (χ0n) is 18.0. The molecule has 1 aliphatic rings. The molecule has 1 fully saturated rings. The first kappa shape index (κ1) is 20.5. The van der Waals surface area contributed by atoms with Gasteiger partial charge in [-0.2, -0.15) is 0 Å². The molecule has 0 bridgehead atoms. The molecule has 5 rings (SSSR count). The van der Waals surface area contributed by atoms with E-state index in [1.807, 2.05) is 28.9 Å². The average Bonchev–Trinajstić information content (AvgIpc) is 3.16. The Kier molecular flexibility index (Phi) is 5.79. The van der Waals surface area contributed by atoms with Crippen molar-refractivity contribution < 1.29 is 0 Å². The van der Waals surface area contributed by atoms with E-state index in [4.69, 9.17) is 17.3 Å². The van der Waals surface area contributed by atoms with Gasteiger partial charge in [0, 0.05) is 44.1 Å². The van der Waals surface area contributed by atoms with Crippen LogP contribution < -0.4 is 4.90 Å². The van der Waals surface area contributed by atoms with E-state index in [9.17, 15) is 0 Å². The second kappa shape index (κ2) is 9.02. The molecule has 0 unspecified atom stereocenters. The quantitative estimate of drug-likeness (QED) is 0.436. The Morgan fingerprint density at radius 3 is 2.34 bits per heavy atom. The molecule has 3 heterocycles. The van der Waals surface area contributed by atoms with Crippen molar-refractivity contribution >= 4 is 18.2 Å². The van der Waals surface area contributed by atoms with Crippen LogP contribution in [0.4, 0.5) is 5.95 Å². The van der Waals surface area contributed by atoms with Crippen molar-refractivity contribution in [3.05, 3.63) is 83.4 Å². The number of hydrogen-bond acceptors (Lipinski definition) is 6. The van der Waals surface area contributed by atoms with Crippen molar-refractivity contribution in [1.29, 1.82) is 0 Å². The number of nitrogens with zero attached hydrogens (tertiary/aromatic N) is 7. The maximum atomic E-state index is 5.91. The van der Waals surface area contributed by atoms with Crippen LogP contribution in [0.1, 0.15) is 5.56 Å². The summed E-state index contributed by atoms with van der Waals surface area (Å²) >= 11 is 5.91. The summed E-state index contributed by atoms with van der Waals surface area (Å²) < 4.78 is 4.71. The van der Waals surface area contributed by atoms with Crippen molar-refractivity contribution in [2.24, 2.45) is 0 Å². The minimum Gasteiger partial charge on any atom is -0.338 e. The number of benzene rings is 2. The molecule has 162 valence electrons. The van der Waals surface area contributed by atoms with E-state index in [0.717, 1.165) is 49.2 Å². The topological polar surface area (TPSA) is 55.0 Å². The van der Waals surface area contributed by atoms with Crippen LogP contribution in [0.5, 0.6) is 0 Å². The summed E-state index contributed by atoms with van der Waals surface area (Å²) in [4.78, 5) is 13.3. The van der Waals surface area contributed by atoms with Gasteiger partial charge >= 0.3 is 0 Å². The average molecular weight is 444 g/mol. The van der Waals surface area contributed by atoms with Crippen LogP contribution in [-0.2, 0) is 6.67 Å². The second-order valence-corrected chi connectivity index (χ2v) is 8.31. The number of rotatable bonds is 5. The molecular weight excluding hydrogens is 418 g/mol. The number of aromatic nitrogens is 5. The summed E-state index contributed by atoms with van der Waals surface area (Å²) in [5.74, 6) is 1.65. The fraction of sp³-hybridized carbons (Fsp3) is 0.250. The highest BCUT2D eigenvalue weighted by Gasteiger charge is 2.21. The molecule has 2 aromatic heterocycles. The Morgan fingerprint density at radius 1 is 0.875 bits per heavy atom. The van der Waals surface area contributed by atoms with E-state index in [1.54, 1.807) is 12.4 Å². The van der Waals surface area contributed by atoms with E-state index in [2.05, 4.69) is 67.7 Å².